The van der Waals surface area contributed by atoms with Gasteiger partial charge < -0.3 is 9.22 Å². The van der Waals surface area contributed by atoms with Crippen molar-refractivity contribution in [3.8, 4) is 0 Å². The summed E-state index contributed by atoms with van der Waals surface area (Å²) in [5, 5.41) is 0. The fraction of sp³-hybridized carbons (Fsp3) is 0.722. The maximum absolute atomic E-state index is 11.8. The molecule has 0 unspecified atom stereocenters. The smallest absolute Gasteiger partial charge is 0.362 e. The molecular formula is C18H34NO2+. The van der Waals surface area contributed by atoms with Crippen LogP contribution >= 0.6 is 0 Å². The number of carbonyl (C=O) groups excluding carboxylic acids is 1. The summed E-state index contributed by atoms with van der Waals surface area (Å²) >= 11 is 0. The van der Waals surface area contributed by atoms with E-state index in [9.17, 15) is 4.79 Å². The van der Waals surface area contributed by atoms with Crippen LogP contribution in [0.4, 0.5) is 0 Å². The highest BCUT2D eigenvalue weighted by atomic mass is 16.5. The molecule has 3 nitrogen and oxygen atoms in total. The number of likely N-dealkylation sites (N-methyl/N-ethyl adjacent to an activating group) is 1. The van der Waals surface area contributed by atoms with Crippen LogP contribution in [-0.4, -0.2) is 44.2 Å². The Morgan fingerprint density at radius 2 is 1.81 bits per heavy atom. The summed E-state index contributed by atoms with van der Waals surface area (Å²) in [5.74, 6) is -0.107. The predicted octanol–water partition coefficient (Wildman–Crippen LogP) is 4.10. The molecule has 0 aromatic carbocycles. The van der Waals surface area contributed by atoms with Crippen LogP contribution in [-0.2, 0) is 9.53 Å². The molecule has 0 aromatic heterocycles. The van der Waals surface area contributed by atoms with Gasteiger partial charge in [-0.3, -0.25) is 0 Å². The van der Waals surface area contributed by atoms with Crippen molar-refractivity contribution in [1.29, 1.82) is 0 Å². The third-order valence-electron chi connectivity index (χ3n) is 3.44. The summed E-state index contributed by atoms with van der Waals surface area (Å²) in [6, 6.07) is 0. The van der Waals surface area contributed by atoms with Crippen molar-refractivity contribution < 1.29 is 14.0 Å². The molecule has 122 valence electrons. The average molecular weight is 296 g/mol. The van der Waals surface area contributed by atoms with Gasteiger partial charge in [0.25, 0.3) is 0 Å². The summed E-state index contributed by atoms with van der Waals surface area (Å²) in [7, 11) is 4.16. The second kappa shape index (κ2) is 10.6. The molecule has 0 atom stereocenters. The first kappa shape index (κ1) is 19.9. The Kier molecular flexibility index (Phi) is 10.1. The molecule has 0 saturated heterocycles. The summed E-state index contributed by atoms with van der Waals surface area (Å²) in [6.45, 7) is 10.3. The lowest BCUT2D eigenvalue weighted by Crippen LogP contribution is -2.45. The molecule has 0 aliphatic heterocycles. The standard InChI is InChI=1S/C18H34NO2/c1-7-8-13-19(5,6)15-18(20)21-14-12-17(4)11-9-10-16(2)3/h10,12H,7-9,11,13-15H2,1-6H3/q+1/b17-12+. The van der Waals surface area contributed by atoms with Crippen LogP contribution in [0.2, 0.25) is 0 Å². The maximum atomic E-state index is 11.8. The fourth-order valence-corrected chi connectivity index (χ4v) is 2.03. The normalized spacial score (nSPS) is 12.2. The highest BCUT2D eigenvalue weighted by molar-refractivity contribution is 5.70. The summed E-state index contributed by atoms with van der Waals surface area (Å²) in [6.07, 6.45) is 8.63. The molecule has 0 aliphatic carbocycles. The molecule has 3 heteroatoms. The zero-order chi connectivity index (χ0) is 16.3. The molecule has 0 saturated carbocycles. The Morgan fingerprint density at radius 1 is 1.14 bits per heavy atom. The van der Waals surface area contributed by atoms with E-state index < -0.39 is 0 Å². The van der Waals surface area contributed by atoms with Crippen molar-refractivity contribution in [3.63, 3.8) is 0 Å². The SMILES string of the molecule is CCCC[N+](C)(C)CC(=O)OC/C=C(\C)CCC=C(C)C. The Hall–Kier alpha value is -1.09. The van der Waals surface area contributed by atoms with Crippen LogP contribution in [0.15, 0.2) is 23.3 Å². The zero-order valence-electron chi connectivity index (χ0n) is 14.9. The van der Waals surface area contributed by atoms with Gasteiger partial charge in [-0.1, -0.05) is 30.6 Å². The van der Waals surface area contributed by atoms with Crippen LogP contribution in [0.3, 0.4) is 0 Å². The van der Waals surface area contributed by atoms with Gasteiger partial charge in [0.1, 0.15) is 6.61 Å². The van der Waals surface area contributed by atoms with Crippen LogP contribution in [0.1, 0.15) is 53.4 Å². The van der Waals surface area contributed by atoms with Gasteiger partial charge in [0, 0.05) is 0 Å². The van der Waals surface area contributed by atoms with Gasteiger partial charge in [-0.25, -0.2) is 4.79 Å². The molecule has 0 aliphatic rings. The molecule has 0 radical (unpaired) electrons. The number of rotatable bonds is 10. The molecule has 0 amide bonds. The number of carbonyl (C=O) groups is 1. The van der Waals surface area contributed by atoms with Crippen LogP contribution in [0.25, 0.3) is 0 Å². The van der Waals surface area contributed by atoms with Crippen LogP contribution < -0.4 is 0 Å². The summed E-state index contributed by atoms with van der Waals surface area (Å²) in [5.41, 5.74) is 2.63. The van der Waals surface area contributed by atoms with Gasteiger partial charge in [-0.15, -0.1) is 0 Å². The van der Waals surface area contributed by atoms with Gasteiger partial charge in [-0.05, 0) is 46.1 Å². The van der Waals surface area contributed by atoms with Crippen molar-refractivity contribution in [1.82, 2.24) is 0 Å². The molecule has 0 fully saturated rings. The molecule has 21 heavy (non-hydrogen) atoms. The minimum absolute atomic E-state index is 0.107. The molecule has 0 N–H and O–H groups in total. The lowest BCUT2D eigenvalue weighted by molar-refractivity contribution is -0.883. The average Bonchev–Trinajstić information content (AvgIpc) is 2.35. The molecule has 0 spiro atoms. The van der Waals surface area contributed by atoms with Gasteiger partial charge >= 0.3 is 5.97 Å². The van der Waals surface area contributed by atoms with E-state index in [2.05, 4.69) is 47.9 Å². The van der Waals surface area contributed by atoms with Crippen molar-refractivity contribution in [3.05, 3.63) is 23.3 Å². The first-order valence-corrected chi connectivity index (χ1v) is 8.03. The molecule has 0 heterocycles. The van der Waals surface area contributed by atoms with E-state index in [1.807, 2.05) is 6.08 Å². The number of hydrogen-bond acceptors (Lipinski definition) is 2. The third kappa shape index (κ3) is 12.4. The van der Waals surface area contributed by atoms with Gasteiger partial charge in [0.15, 0.2) is 6.54 Å². The van der Waals surface area contributed by atoms with Crippen molar-refractivity contribution >= 4 is 5.97 Å². The highest BCUT2D eigenvalue weighted by Gasteiger charge is 2.20. The first-order chi connectivity index (χ1) is 9.76. The summed E-state index contributed by atoms with van der Waals surface area (Å²) < 4.78 is 6.01. The Balaban J connectivity index is 3.99. The summed E-state index contributed by atoms with van der Waals surface area (Å²) in [4.78, 5) is 11.8. The Labute approximate surface area is 131 Å². The van der Waals surface area contributed by atoms with Crippen molar-refractivity contribution in [2.45, 2.75) is 53.4 Å². The Bertz CT molecular complexity index is 363. The van der Waals surface area contributed by atoms with E-state index in [4.69, 9.17) is 4.74 Å². The first-order valence-electron chi connectivity index (χ1n) is 8.03. The third-order valence-corrected chi connectivity index (χ3v) is 3.44. The number of esters is 1. The lowest BCUT2D eigenvalue weighted by Gasteiger charge is -2.28. The topological polar surface area (TPSA) is 26.3 Å². The minimum Gasteiger partial charge on any atom is -0.457 e. The predicted molar refractivity (Wildman–Crippen MR) is 90.1 cm³/mol. The van der Waals surface area contributed by atoms with E-state index in [1.54, 1.807) is 0 Å². The fourth-order valence-electron chi connectivity index (χ4n) is 2.03. The van der Waals surface area contributed by atoms with Crippen LogP contribution in [0, 0.1) is 0 Å². The number of allylic oxidation sites excluding steroid dienone is 3. The van der Waals surface area contributed by atoms with E-state index >= 15 is 0 Å². The van der Waals surface area contributed by atoms with Crippen LogP contribution in [0.5, 0.6) is 0 Å². The highest BCUT2D eigenvalue weighted by Crippen LogP contribution is 2.07. The van der Waals surface area contributed by atoms with E-state index in [0.717, 1.165) is 32.2 Å². The number of ether oxygens (including phenoxy) is 1. The quantitative estimate of drug-likeness (QED) is 0.345. The minimum atomic E-state index is -0.107. The number of hydrogen-bond donors (Lipinski definition) is 0. The molecule has 0 rings (SSSR count). The Morgan fingerprint density at radius 3 is 2.38 bits per heavy atom. The van der Waals surface area contributed by atoms with E-state index in [-0.39, 0.29) is 5.97 Å². The van der Waals surface area contributed by atoms with E-state index in [0.29, 0.717) is 17.6 Å². The largest absolute Gasteiger partial charge is 0.457 e. The van der Waals surface area contributed by atoms with Crippen molar-refractivity contribution in [2.75, 3.05) is 33.8 Å². The number of unbranched alkanes of at least 4 members (excludes halogenated alkanes) is 1. The number of quaternary nitrogens is 1. The lowest BCUT2D eigenvalue weighted by atomic mass is 10.1. The van der Waals surface area contributed by atoms with E-state index in [1.165, 1.54) is 11.1 Å². The van der Waals surface area contributed by atoms with Gasteiger partial charge in [0.05, 0.1) is 20.6 Å². The zero-order valence-corrected chi connectivity index (χ0v) is 14.9. The molecule has 0 aromatic rings. The van der Waals surface area contributed by atoms with Gasteiger partial charge in [-0.2, -0.15) is 0 Å². The second-order valence-electron chi connectivity index (χ2n) is 6.72. The molecule has 0 bridgehead atoms. The number of nitrogens with zero attached hydrogens (tertiary/aromatic N) is 1. The van der Waals surface area contributed by atoms with Gasteiger partial charge in [0.2, 0.25) is 0 Å². The maximum Gasteiger partial charge on any atom is 0.362 e. The van der Waals surface area contributed by atoms with Crippen molar-refractivity contribution in [2.24, 2.45) is 0 Å². The monoisotopic (exact) mass is 296 g/mol. The second-order valence-corrected chi connectivity index (χ2v) is 6.72. The molecular weight excluding hydrogens is 262 g/mol.